The van der Waals surface area contributed by atoms with E-state index in [1.165, 1.54) is 0 Å². The molecule has 1 atom stereocenters. The van der Waals surface area contributed by atoms with Crippen molar-refractivity contribution in [2.24, 2.45) is 0 Å². The van der Waals surface area contributed by atoms with Crippen molar-refractivity contribution in [1.29, 1.82) is 0 Å². The summed E-state index contributed by atoms with van der Waals surface area (Å²) in [5, 5.41) is 0.633. The summed E-state index contributed by atoms with van der Waals surface area (Å²) < 4.78 is 5.37. The van der Waals surface area contributed by atoms with Gasteiger partial charge in [0.1, 0.15) is 5.60 Å². The number of aromatic nitrogens is 1. The maximum Gasteiger partial charge on any atom is 0.410 e. The molecule has 1 fully saturated rings. The number of nitrogens with zero attached hydrogens (tertiary/aromatic N) is 2. The van der Waals surface area contributed by atoms with E-state index >= 15 is 0 Å². The molecule has 0 bridgehead atoms. The van der Waals surface area contributed by atoms with Gasteiger partial charge >= 0.3 is 6.09 Å². The van der Waals surface area contributed by atoms with Crippen LogP contribution in [0.1, 0.15) is 38.7 Å². The van der Waals surface area contributed by atoms with Crippen LogP contribution >= 0.6 is 11.6 Å². The molecule has 1 aromatic heterocycles. The third-order valence-corrected chi connectivity index (χ3v) is 3.24. The Morgan fingerprint density at radius 2 is 2.21 bits per heavy atom. The van der Waals surface area contributed by atoms with Gasteiger partial charge in [-0.2, -0.15) is 0 Å². The number of hydrogen-bond acceptors (Lipinski definition) is 3. The number of rotatable bonds is 1. The monoisotopic (exact) mass is 282 g/mol. The van der Waals surface area contributed by atoms with Crippen LogP contribution in [0.25, 0.3) is 0 Å². The highest BCUT2D eigenvalue weighted by Crippen LogP contribution is 2.28. The lowest BCUT2D eigenvalue weighted by atomic mass is 10.0. The second-order valence-electron chi connectivity index (χ2n) is 5.85. The van der Waals surface area contributed by atoms with Gasteiger partial charge in [-0.25, -0.2) is 4.79 Å². The molecule has 0 aliphatic carbocycles. The van der Waals surface area contributed by atoms with Crippen LogP contribution in [0.2, 0.25) is 5.02 Å². The molecular formula is C14H19ClN2O2. The van der Waals surface area contributed by atoms with Gasteiger partial charge in [-0.3, -0.25) is 4.98 Å². The van der Waals surface area contributed by atoms with Crippen LogP contribution in [0.5, 0.6) is 0 Å². The van der Waals surface area contributed by atoms with Crippen molar-refractivity contribution in [1.82, 2.24) is 9.88 Å². The van der Waals surface area contributed by atoms with Crippen LogP contribution in [0.15, 0.2) is 18.5 Å². The molecule has 5 heteroatoms. The molecule has 1 aromatic rings. The third-order valence-electron chi connectivity index (χ3n) is 3.04. The molecule has 0 saturated carbocycles. The number of likely N-dealkylation sites (tertiary alicyclic amines) is 1. The zero-order chi connectivity index (χ0) is 14.0. The Balaban J connectivity index is 1.98. The lowest BCUT2D eigenvalue weighted by molar-refractivity contribution is 0.0292. The highest BCUT2D eigenvalue weighted by Gasteiger charge is 2.30. The maximum atomic E-state index is 12.0. The Morgan fingerprint density at radius 1 is 1.47 bits per heavy atom. The Bertz CT molecular complexity index is 471. The fourth-order valence-electron chi connectivity index (χ4n) is 2.18. The van der Waals surface area contributed by atoms with E-state index in [9.17, 15) is 4.79 Å². The molecule has 2 heterocycles. The molecule has 0 aromatic carbocycles. The summed E-state index contributed by atoms with van der Waals surface area (Å²) in [4.78, 5) is 17.8. The number of carbonyl (C=O) groups is 1. The molecule has 0 N–H and O–H groups in total. The van der Waals surface area contributed by atoms with Gasteiger partial charge in [-0.15, -0.1) is 0 Å². The molecular weight excluding hydrogens is 264 g/mol. The smallest absolute Gasteiger partial charge is 0.410 e. The van der Waals surface area contributed by atoms with E-state index in [0.29, 0.717) is 24.0 Å². The van der Waals surface area contributed by atoms with Crippen LogP contribution < -0.4 is 0 Å². The summed E-state index contributed by atoms with van der Waals surface area (Å²) in [6.45, 7) is 7.00. The summed E-state index contributed by atoms with van der Waals surface area (Å²) in [5.74, 6) is 0.290. The van der Waals surface area contributed by atoms with Crippen molar-refractivity contribution in [3.8, 4) is 0 Å². The van der Waals surface area contributed by atoms with E-state index in [1.54, 1.807) is 11.1 Å². The van der Waals surface area contributed by atoms with E-state index in [-0.39, 0.29) is 6.09 Å². The molecule has 1 aliphatic rings. The minimum Gasteiger partial charge on any atom is -0.444 e. The summed E-state index contributed by atoms with van der Waals surface area (Å²) in [7, 11) is 0. The summed E-state index contributed by atoms with van der Waals surface area (Å²) in [6, 6.07) is 1.91. The number of hydrogen-bond donors (Lipinski definition) is 0. The zero-order valence-corrected chi connectivity index (χ0v) is 12.3. The van der Waals surface area contributed by atoms with Gasteiger partial charge in [0, 0.05) is 31.4 Å². The SMILES string of the molecule is CC(C)(C)OC(=O)N1CCC(c2cncc(Cl)c2)C1. The van der Waals surface area contributed by atoms with Crippen molar-refractivity contribution < 1.29 is 9.53 Å². The topological polar surface area (TPSA) is 42.4 Å². The summed E-state index contributed by atoms with van der Waals surface area (Å²) in [6.07, 6.45) is 4.10. The van der Waals surface area contributed by atoms with E-state index in [1.807, 2.05) is 33.0 Å². The predicted molar refractivity (Wildman–Crippen MR) is 74.4 cm³/mol. The van der Waals surface area contributed by atoms with Gasteiger partial charge in [-0.1, -0.05) is 11.6 Å². The molecule has 1 saturated heterocycles. The third kappa shape index (κ3) is 3.83. The molecule has 104 valence electrons. The number of halogens is 1. The fraction of sp³-hybridized carbons (Fsp3) is 0.571. The fourth-order valence-corrected chi connectivity index (χ4v) is 2.36. The largest absolute Gasteiger partial charge is 0.444 e. The summed E-state index contributed by atoms with van der Waals surface area (Å²) in [5.41, 5.74) is 0.630. The normalized spacial score (nSPS) is 19.6. The van der Waals surface area contributed by atoms with E-state index < -0.39 is 5.60 Å². The number of amides is 1. The molecule has 1 aliphatic heterocycles. The maximum absolute atomic E-state index is 12.0. The first kappa shape index (κ1) is 14.1. The van der Waals surface area contributed by atoms with Crippen molar-refractivity contribution >= 4 is 17.7 Å². The Labute approximate surface area is 118 Å². The number of pyridine rings is 1. The second kappa shape index (κ2) is 5.37. The minimum absolute atomic E-state index is 0.245. The first-order valence-electron chi connectivity index (χ1n) is 6.43. The van der Waals surface area contributed by atoms with Crippen molar-refractivity contribution in [2.45, 2.75) is 38.7 Å². The first-order valence-corrected chi connectivity index (χ1v) is 6.81. The highest BCUT2D eigenvalue weighted by atomic mass is 35.5. The van der Waals surface area contributed by atoms with Gasteiger partial charge in [0.15, 0.2) is 0 Å². The Morgan fingerprint density at radius 3 is 2.84 bits per heavy atom. The zero-order valence-electron chi connectivity index (χ0n) is 11.5. The van der Waals surface area contributed by atoms with Crippen molar-refractivity contribution in [3.63, 3.8) is 0 Å². The standard InChI is InChI=1S/C14H19ClN2O2/c1-14(2,3)19-13(18)17-5-4-10(9-17)11-6-12(15)8-16-7-11/h6-8,10H,4-5,9H2,1-3H3. The van der Waals surface area contributed by atoms with Gasteiger partial charge in [0.25, 0.3) is 0 Å². The molecule has 0 radical (unpaired) electrons. The molecule has 0 spiro atoms. The molecule has 1 amide bonds. The number of carbonyl (C=O) groups excluding carboxylic acids is 1. The second-order valence-corrected chi connectivity index (χ2v) is 6.28. The quantitative estimate of drug-likeness (QED) is 0.792. The Kier molecular flexibility index (Phi) is 3.99. The van der Waals surface area contributed by atoms with Crippen LogP contribution in [-0.2, 0) is 4.74 Å². The van der Waals surface area contributed by atoms with Crippen LogP contribution in [-0.4, -0.2) is 34.7 Å². The molecule has 19 heavy (non-hydrogen) atoms. The molecule has 2 rings (SSSR count). The average molecular weight is 283 g/mol. The minimum atomic E-state index is -0.452. The molecule has 1 unspecified atom stereocenters. The summed E-state index contributed by atoms with van der Waals surface area (Å²) >= 11 is 5.94. The lowest BCUT2D eigenvalue weighted by Gasteiger charge is -2.24. The predicted octanol–water partition coefficient (Wildman–Crippen LogP) is 3.46. The van der Waals surface area contributed by atoms with Crippen LogP contribution in [0.4, 0.5) is 4.79 Å². The van der Waals surface area contributed by atoms with E-state index in [4.69, 9.17) is 16.3 Å². The number of ether oxygens (including phenoxy) is 1. The van der Waals surface area contributed by atoms with Crippen LogP contribution in [0, 0.1) is 0 Å². The highest BCUT2D eigenvalue weighted by molar-refractivity contribution is 6.30. The molecule has 4 nitrogen and oxygen atoms in total. The van der Waals surface area contributed by atoms with Gasteiger partial charge in [0.05, 0.1) is 5.02 Å². The van der Waals surface area contributed by atoms with Crippen LogP contribution in [0.3, 0.4) is 0 Å². The first-order chi connectivity index (χ1) is 8.85. The van der Waals surface area contributed by atoms with Gasteiger partial charge in [0.2, 0.25) is 0 Å². The van der Waals surface area contributed by atoms with E-state index in [0.717, 1.165) is 12.0 Å². The Hall–Kier alpha value is -1.29. The van der Waals surface area contributed by atoms with E-state index in [2.05, 4.69) is 4.98 Å². The average Bonchev–Trinajstić information content (AvgIpc) is 2.75. The van der Waals surface area contributed by atoms with Crippen molar-refractivity contribution in [3.05, 3.63) is 29.0 Å². The van der Waals surface area contributed by atoms with Gasteiger partial charge < -0.3 is 9.64 Å². The van der Waals surface area contributed by atoms with Gasteiger partial charge in [-0.05, 0) is 38.8 Å². The van der Waals surface area contributed by atoms with Crippen molar-refractivity contribution in [2.75, 3.05) is 13.1 Å². The lowest BCUT2D eigenvalue weighted by Crippen LogP contribution is -2.35.